The number of carboxylic acid groups (broad SMARTS) is 1. The maximum absolute atomic E-state index is 12.3. The van der Waals surface area contributed by atoms with Gasteiger partial charge < -0.3 is 10.4 Å². The molecular formula is C16H19NO3S. The Balaban J connectivity index is 1.70. The highest BCUT2D eigenvalue weighted by molar-refractivity contribution is 8.01. The Morgan fingerprint density at radius 1 is 1.19 bits per heavy atom. The fourth-order valence-corrected chi connectivity index (χ4v) is 4.06. The zero-order chi connectivity index (χ0) is 15.1. The van der Waals surface area contributed by atoms with E-state index in [-0.39, 0.29) is 10.7 Å². The minimum Gasteiger partial charge on any atom is -0.481 e. The third-order valence-electron chi connectivity index (χ3n) is 4.55. The average Bonchev–Trinajstić information content (AvgIpc) is 3.16. The van der Waals surface area contributed by atoms with Gasteiger partial charge in [-0.25, -0.2) is 0 Å². The van der Waals surface area contributed by atoms with Gasteiger partial charge in [-0.1, -0.05) is 12.1 Å². The van der Waals surface area contributed by atoms with Crippen molar-refractivity contribution in [2.75, 3.05) is 11.1 Å². The summed E-state index contributed by atoms with van der Waals surface area (Å²) in [5.41, 5.74) is 0.878. The van der Waals surface area contributed by atoms with Crippen molar-refractivity contribution in [3.63, 3.8) is 0 Å². The van der Waals surface area contributed by atoms with E-state index in [2.05, 4.69) is 5.32 Å². The highest BCUT2D eigenvalue weighted by atomic mass is 32.2. The second kappa shape index (κ2) is 5.05. The summed E-state index contributed by atoms with van der Waals surface area (Å²) in [4.78, 5) is 23.6. The highest BCUT2D eigenvalue weighted by Gasteiger charge is 2.51. The van der Waals surface area contributed by atoms with Crippen molar-refractivity contribution >= 4 is 29.3 Å². The van der Waals surface area contributed by atoms with Crippen molar-refractivity contribution in [1.29, 1.82) is 0 Å². The van der Waals surface area contributed by atoms with Crippen LogP contribution >= 0.6 is 11.8 Å². The normalized spacial score (nSPS) is 26.3. The van der Waals surface area contributed by atoms with Gasteiger partial charge in [-0.05, 0) is 56.1 Å². The van der Waals surface area contributed by atoms with Crippen LogP contribution in [0.5, 0.6) is 0 Å². The fraction of sp³-hybridized carbons (Fsp3) is 0.500. The third kappa shape index (κ3) is 2.55. The van der Waals surface area contributed by atoms with E-state index in [0.29, 0.717) is 12.8 Å². The van der Waals surface area contributed by atoms with Crippen LogP contribution in [0.4, 0.5) is 5.69 Å². The summed E-state index contributed by atoms with van der Waals surface area (Å²) in [5, 5.41) is 12.2. The summed E-state index contributed by atoms with van der Waals surface area (Å²) in [7, 11) is 0. The molecule has 1 aliphatic heterocycles. The standard InChI is InChI=1S/C16H19NO3S/c1-15(7-2-10-21-15)13(18)17-12-5-3-11(4-6-12)16(8-9-16)14(19)20/h3-6H,2,7-10H2,1H3,(H,17,18)(H,19,20). The van der Waals surface area contributed by atoms with Crippen LogP contribution in [0.25, 0.3) is 0 Å². The summed E-state index contributed by atoms with van der Waals surface area (Å²) >= 11 is 1.70. The molecule has 1 saturated heterocycles. The predicted octanol–water partition coefficient (Wildman–Crippen LogP) is 3.03. The average molecular weight is 305 g/mol. The number of amides is 1. The molecule has 2 N–H and O–H groups in total. The molecule has 0 bridgehead atoms. The SMILES string of the molecule is CC1(C(=O)Nc2ccc(C3(C(=O)O)CC3)cc2)CCCS1. The number of hydrogen-bond acceptors (Lipinski definition) is 3. The van der Waals surface area contributed by atoms with Gasteiger partial charge in [-0.3, -0.25) is 9.59 Å². The molecule has 1 atom stereocenters. The van der Waals surface area contributed by atoms with Crippen molar-refractivity contribution in [2.24, 2.45) is 0 Å². The van der Waals surface area contributed by atoms with E-state index < -0.39 is 11.4 Å². The number of carboxylic acids is 1. The van der Waals surface area contributed by atoms with Gasteiger partial charge in [0, 0.05) is 5.69 Å². The molecule has 1 heterocycles. The molecule has 2 fully saturated rings. The van der Waals surface area contributed by atoms with Crippen LogP contribution < -0.4 is 5.32 Å². The fourth-order valence-electron chi connectivity index (χ4n) is 2.85. The number of rotatable bonds is 4. The first-order valence-corrected chi connectivity index (χ1v) is 8.24. The first-order chi connectivity index (χ1) is 9.96. The van der Waals surface area contributed by atoms with Gasteiger partial charge in [0.25, 0.3) is 0 Å². The topological polar surface area (TPSA) is 66.4 Å². The van der Waals surface area contributed by atoms with Crippen molar-refractivity contribution < 1.29 is 14.7 Å². The Morgan fingerprint density at radius 3 is 2.33 bits per heavy atom. The van der Waals surface area contributed by atoms with Crippen LogP contribution in [0.3, 0.4) is 0 Å². The van der Waals surface area contributed by atoms with Crippen LogP contribution in [-0.2, 0) is 15.0 Å². The minimum atomic E-state index is -0.755. The molecule has 1 unspecified atom stereocenters. The molecule has 21 heavy (non-hydrogen) atoms. The number of nitrogens with one attached hydrogen (secondary N) is 1. The van der Waals surface area contributed by atoms with Crippen LogP contribution in [-0.4, -0.2) is 27.5 Å². The van der Waals surface area contributed by atoms with Gasteiger partial charge in [0.15, 0.2) is 0 Å². The van der Waals surface area contributed by atoms with Gasteiger partial charge in [0.1, 0.15) is 0 Å². The van der Waals surface area contributed by atoms with Crippen molar-refractivity contribution in [3.05, 3.63) is 29.8 Å². The minimum absolute atomic E-state index is 0.0390. The van der Waals surface area contributed by atoms with E-state index >= 15 is 0 Å². The summed E-state index contributed by atoms with van der Waals surface area (Å²) in [5.74, 6) is 0.315. The number of hydrogen-bond donors (Lipinski definition) is 2. The van der Waals surface area contributed by atoms with E-state index in [0.717, 1.165) is 29.8 Å². The van der Waals surface area contributed by atoms with Gasteiger partial charge in [0.05, 0.1) is 10.2 Å². The summed E-state index contributed by atoms with van der Waals surface area (Å²) in [6.07, 6.45) is 3.38. The van der Waals surface area contributed by atoms with Crippen LogP contribution in [0.15, 0.2) is 24.3 Å². The molecule has 1 saturated carbocycles. The molecule has 0 spiro atoms. The Hall–Kier alpha value is -1.49. The molecule has 0 radical (unpaired) electrons. The quantitative estimate of drug-likeness (QED) is 0.897. The predicted molar refractivity (Wildman–Crippen MR) is 83.7 cm³/mol. The zero-order valence-corrected chi connectivity index (χ0v) is 12.8. The molecule has 0 aromatic heterocycles. The molecule has 3 rings (SSSR count). The second-order valence-electron chi connectivity index (χ2n) is 6.10. The third-order valence-corrected chi connectivity index (χ3v) is 6.07. The van der Waals surface area contributed by atoms with Gasteiger partial charge >= 0.3 is 5.97 Å². The van der Waals surface area contributed by atoms with Gasteiger partial charge in [-0.15, -0.1) is 11.8 Å². The number of carbonyl (C=O) groups is 2. The first-order valence-electron chi connectivity index (χ1n) is 7.26. The molecule has 112 valence electrons. The Bertz CT molecular complexity index is 572. The van der Waals surface area contributed by atoms with E-state index in [1.165, 1.54) is 0 Å². The van der Waals surface area contributed by atoms with E-state index in [1.807, 2.05) is 19.1 Å². The number of carbonyl (C=O) groups excluding carboxylic acids is 1. The Kier molecular flexibility index (Phi) is 3.48. The molecular weight excluding hydrogens is 286 g/mol. The van der Waals surface area contributed by atoms with E-state index in [4.69, 9.17) is 0 Å². The molecule has 2 aliphatic rings. The number of anilines is 1. The highest BCUT2D eigenvalue weighted by Crippen LogP contribution is 2.48. The first kappa shape index (κ1) is 14.4. The summed E-state index contributed by atoms with van der Waals surface area (Å²) in [6.45, 7) is 1.98. The van der Waals surface area contributed by atoms with Crippen LogP contribution in [0, 0.1) is 0 Å². The second-order valence-corrected chi connectivity index (χ2v) is 7.70. The maximum Gasteiger partial charge on any atom is 0.314 e. The van der Waals surface area contributed by atoms with Gasteiger partial charge in [-0.2, -0.15) is 0 Å². The van der Waals surface area contributed by atoms with Crippen LogP contribution in [0.1, 0.15) is 38.2 Å². The van der Waals surface area contributed by atoms with E-state index in [1.54, 1.807) is 23.9 Å². The maximum atomic E-state index is 12.3. The Labute approximate surface area is 128 Å². The Morgan fingerprint density at radius 2 is 1.86 bits per heavy atom. The molecule has 1 amide bonds. The molecule has 1 aliphatic carbocycles. The van der Waals surface area contributed by atoms with Crippen molar-refractivity contribution in [2.45, 2.75) is 42.8 Å². The lowest BCUT2D eigenvalue weighted by atomic mass is 9.96. The molecule has 4 nitrogen and oxygen atoms in total. The molecule has 1 aromatic carbocycles. The number of aliphatic carboxylic acids is 1. The lowest BCUT2D eigenvalue weighted by Crippen LogP contribution is -2.34. The van der Waals surface area contributed by atoms with E-state index in [9.17, 15) is 14.7 Å². The monoisotopic (exact) mass is 305 g/mol. The molecule has 5 heteroatoms. The van der Waals surface area contributed by atoms with Crippen molar-refractivity contribution in [1.82, 2.24) is 0 Å². The van der Waals surface area contributed by atoms with Crippen molar-refractivity contribution in [3.8, 4) is 0 Å². The smallest absolute Gasteiger partial charge is 0.314 e. The largest absolute Gasteiger partial charge is 0.481 e. The lowest BCUT2D eigenvalue weighted by Gasteiger charge is -2.21. The lowest BCUT2D eigenvalue weighted by molar-refractivity contribution is -0.140. The summed E-state index contributed by atoms with van der Waals surface area (Å²) < 4.78 is -0.336. The van der Waals surface area contributed by atoms with Gasteiger partial charge in [0.2, 0.25) is 5.91 Å². The zero-order valence-electron chi connectivity index (χ0n) is 12.0. The summed E-state index contributed by atoms with van der Waals surface area (Å²) in [6, 6.07) is 7.25. The molecule has 1 aromatic rings. The number of benzene rings is 1. The van der Waals surface area contributed by atoms with Crippen LogP contribution in [0.2, 0.25) is 0 Å². The number of thioether (sulfide) groups is 1.